The van der Waals surface area contributed by atoms with Crippen LogP contribution in [-0.2, 0) is 0 Å². The molecule has 0 aromatic rings. The molecule has 3 nitrogen and oxygen atoms in total. The van der Waals surface area contributed by atoms with Crippen LogP contribution in [0.3, 0.4) is 0 Å². The Morgan fingerprint density at radius 1 is 1.47 bits per heavy atom. The molecule has 1 saturated heterocycles. The summed E-state index contributed by atoms with van der Waals surface area (Å²) in [6.45, 7) is 3.33. The number of aliphatic imine (C=N–C) groups is 1. The van der Waals surface area contributed by atoms with Crippen LogP contribution in [0.1, 0.15) is 39.0 Å². The van der Waals surface area contributed by atoms with Crippen molar-refractivity contribution in [2.75, 3.05) is 19.3 Å². The van der Waals surface area contributed by atoms with Gasteiger partial charge in [-0.15, -0.1) is 0 Å². The molecule has 0 aromatic carbocycles. The number of hydrogen-bond acceptors (Lipinski definition) is 2. The highest BCUT2D eigenvalue weighted by Gasteiger charge is 2.36. The van der Waals surface area contributed by atoms with Gasteiger partial charge >= 0.3 is 0 Å². The van der Waals surface area contributed by atoms with Crippen LogP contribution in [0.5, 0.6) is 0 Å². The normalized spacial score (nSPS) is 32.6. The average molecular weight is 255 g/mol. The zero-order valence-electron chi connectivity index (χ0n) is 11.0. The summed E-state index contributed by atoms with van der Waals surface area (Å²) in [5.41, 5.74) is 0. The number of thioether (sulfide) groups is 1. The van der Waals surface area contributed by atoms with Gasteiger partial charge in [-0.3, -0.25) is 4.99 Å². The molecule has 1 aliphatic heterocycles. The third kappa shape index (κ3) is 4.09. The number of rotatable bonds is 5. The van der Waals surface area contributed by atoms with Crippen molar-refractivity contribution in [3.8, 4) is 0 Å². The summed E-state index contributed by atoms with van der Waals surface area (Å²) in [5.74, 6) is 3.22. The Morgan fingerprint density at radius 2 is 2.35 bits per heavy atom. The lowest BCUT2D eigenvalue weighted by atomic mass is 10.2. The molecule has 17 heavy (non-hydrogen) atoms. The van der Waals surface area contributed by atoms with Gasteiger partial charge in [0.05, 0.1) is 0 Å². The van der Waals surface area contributed by atoms with E-state index in [1.165, 1.54) is 37.9 Å². The van der Waals surface area contributed by atoms with Crippen LogP contribution < -0.4 is 10.6 Å². The van der Waals surface area contributed by atoms with Crippen molar-refractivity contribution in [2.24, 2.45) is 10.9 Å². The van der Waals surface area contributed by atoms with Gasteiger partial charge in [0.15, 0.2) is 5.96 Å². The highest BCUT2D eigenvalue weighted by atomic mass is 32.2. The number of nitrogens with zero attached hydrogens (tertiary/aromatic N) is 1. The molecule has 0 aromatic heterocycles. The third-order valence-electron chi connectivity index (χ3n) is 3.65. The second-order valence-corrected chi connectivity index (χ2v) is 6.53. The van der Waals surface area contributed by atoms with E-state index in [0.29, 0.717) is 6.04 Å². The fourth-order valence-electron chi connectivity index (χ4n) is 2.50. The van der Waals surface area contributed by atoms with E-state index in [1.807, 2.05) is 7.05 Å². The molecule has 0 amide bonds. The van der Waals surface area contributed by atoms with E-state index < -0.39 is 0 Å². The Labute approximate surface area is 109 Å². The van der Waals surface area contributed by atoms with Crippen LogP contribution in [0.4, 0.5) is 0 Å². The van der Waals surface area contributed by atoms with Gasteiger partial charge in [-0.05, 0) is 37.4 Å². The summed E-state index contributed by atoms with van der Waals surface area (Å²) in [6, 6.07) is 0.678. The highest BCUT2D eigenvalue weighted by molar-refractivity contribution is 8.00. The molecule has 98 valence electrons. The first-order chi connectivity index (χ1) is 8.33. The summed E-state index contributed by atoms with van der Waals surface area (Å²) >= 11 is 2.09. The third-order valence-corrected chi connectivity index (χ3v) is 5.05. The van der Waals surface area contributed by atoms with E-state index in [0.717, 1.165) is 23.7 Å². The molecule has 1 aliphatic carbocycles. The molecular formula is C13H25N3S. The van der Waals surface area contributed by atoms with E-state index in [9.17, 15) is 0 Å². The second-order valence-electron chi connectivity index (χ2n) is 5.12. The van der Waals surface area contributed by atoms with Crippen LogP contribution in [0.25, 0.3) is 0 Å². The van der Waals surface area contributed by atoms with E-state index in [1.54, 1.807) is 0 Å². The van der Waals surface area contributed by atoms with E-state index in [4.69, 9.17) is 0 Å². The molecule has 2 fully saturated rings. The van der Waals surface area contributed by atoms with E-state index >= 15 is 0 Å². The molecule has 1 heterocycles. The van der Waals surface area contributed by atoms with Crippen LogP contribution in [0.2, 0.25) is 0 Å². The molecule has 2 rings (SSSR count). The smallest absolute Gasteiger partial charge is 0.191 e. The van der Waals surface area contributed by atoms with Gasteiger partial charge in [0, 0.05) is 24.9 Å². The summed E-state index contributed by atoms with van der Waals surface area (Å²) in [7, 11) is 1.87. The summed E-state index contributed by atoms with van der Waals surface area (Å²) in [4.78, 5) is 4.31. The first-order valence-electron chi connectivity index (χ1n) is 6.92. The minimum atomic E-state index is 0.678. The predicted molar refractivity (Wildman–Crippen MR) is 76.8 cm³/mol. The lowest BCUT2D eigenvalue weighted by Gasteiger charge is -2.14. The lowest BCUT2D eigenvalue weighted by molar-refractivity contribution is 0.652. The van der Waals surface area contributed by atoms with Crippen molar-refractivity contribution >= 4 is 17.7 Å². The summed E-state index contributed by atoms with van der Waals surface area (Å²) in [5, 5.41) is 7.78. The largest absolute Gasteiger partial charge is 0.355 e. The molecule has 0 spiro atoms. The molecule has 1 saturated carbocycles. The predicted octanol–water partition coefficient (Wildman–Crippen LogP) is 2.24. The van der Waals surface area contributed by atoms with Crippen molar-refractivity contribution in [1.29, 1.82) is 0 Å². The van der Waals surface area contributed by atoms with Crippen molar-refractivity contribution in [2.45, 2.75) is 50.3 Å². The number of hydrogen-bond donors (Lipinski definition) is 2. The van der Waals surface area contributed by atoms with Gasteiger partial charge in [-0.1, -0.05) is 13.3 Å². The molecule has 2 N–H and O–H groups in total. The fraction of sp³-hybridized carbons (Fsp3) is 0.923. The minimum absolute atomic E-state index is 0.678. The van der Waals surface area contributed by atoms with Crippen LogP contribution in [-0.4, -0.2) is 36.6 Å². The van der Waals surface area contributed by atoms with E-state index in [2.05, 4.69) is 34.3 Å². The fourth-order valence-corrected chi connectivity index (χ4v) is 3.70. The zero-order valence-corrected chi connectivity index (χ0v) is 11.9. The van der Waals surface area contributed by atoms with Crippen LogP contribution in [0.15, 0.2) is 4.99 Å². The number of nitrogens with one attached hydrogen (secondary N) is 2. The van der Waals surface area contributed by atoms with Gasteiger partial charge < -0.3 is 10.6 Å². The van der Waals surface area contributed by atoms with Crippen molar-refractivity contribution in [1.82, 2.24) is 10.6 Å². The standard InChI is InChI=1S/C13H25N3S/c1-3-5-10-8-12(10)16-13(14-2)15-9-11-6-4-7-17-11/h10-12H,3-9H2,1-2H3,(H2,14,15,16). The minimum Gasteiger partial charge on any atom is -0.355 e. The maximum absolute atomic E-state index is 4.31. The Hall–Kier alpha value is -0.380. The van der Waals surface area contributed by atoms with Crippen molar-refractivity contribution in [3.63, 3.8) is 0 Å². The van der Waals surface area contributed by atoms with Crippen LogP contribution >= 0.6 is 11.8 Å². The Bertz CT molecular complexity index is 261. The molecule has 0 bridgehead atoms. The van der Waals surface area contributed by atoms with Crippen molar-refractivity contribution < 1.29 is 0 Å². The maximum atomic E-state index is 4.31. The maximum Gasteiger partial charge on any atom is 0.191 e. The van der Waals surface area contributed by atoms with Gasteiger partial charge in [-0.2, -0.15) is 11.8 Å². The Morgan fingerprint density at radius 3 is 3.00 bits per heavy atom. The number of guanidine groups is 1. The summed E-state index contributed by atoms with van der Waals surface area (Å²) in [6.07, 6.45) is 6.72. The van der Waals surface area contributed by atoms with Gasteiger partial charge in [0.2, 0.25) is 0 Å². The molecular weight excluding hydrogens is 230 g/mol. The summed E-state index contributed by atoms with van der Waals surface area (Å²) < 4.78 is 0. The van der Waals surface area contributed by atoms with Crippen LogP contribution in [0, 0.1) is 5.92 Å². The van der Waals surface area contributed by atoms with Gasteiger partial charge in [0.25, 0.3) is 0 Å². The Balaban J connectivity index is 1.64. The molecule has 4 heteroatoms. The van der Waals surface area contributed by atoms with Crippen molar-refractivity contribution in [3.05, 3.63) is 0 Å². The monoisotopic (exact) mass is 255 g/mol. The van der Waals surface area contributed by atoms with Gasteiger partial charge in [0.1, 0.15) is 0 Å². The SMILES string of the molecule is CCCC1CC1NC(=NC)NCC1CCCS1. The molecule has 3 atom stereocenters. The highest BCUT2D eigenvalue weighted by Crippen LogP contribution is 2.34. The molecule has 0 radical (unpaired) electrons. The molecule has 2 aliphatic rings. The average Bonchev–Trinajstić information content (AvgIpc) is 2.86. The first-order valence-corrected chi connectivity index (χ1v) is 7.97. The van der Waals surface area contributed by atoms with Gasteiger partial charge in [-0.25, -0.2) is 0 Å². The topological polar surface area (TPSA) is 36.4 Å². The zero-order chi connectivity index (χ0) is 12.1. The second kappa shape index (κ2) is 6.53. The van der Waals surface area contributed by atoms with E-state index in [-0.39, 0.29) is 0 Å². The first kappa shape index (κ1) is 13.1. The lowest BCUT2D eigenvalue weighted by Crippen LogP contribution is -2.41. The Kier molecular flexibility index (Phi) is 5.01. The quantitative estimate of drug-likeness (QED) is 0.584. The molecule has 3 unspecified atom stereocenters.